The van der Waals surface area contributed by atoms with E-state index in [2.05, 4.69) is 15.0 Å². The van der Waals surface area contributed by atoms with Gasteiger partial charge in [0.1, 0.15) is 5.76 Å². The normalized spacial score (nSPS) is 17.2. The molecule has 0 bridgehead atoms. The van der Waals surface area contributed by atoms with Gasteiger partial charge in [0.2, 0.25) is 0 Å². The van der Waals surface area contributed by atoms with E-state index in [1.54, 1.807) is 0 Å². The molecule has 0 amide bonds. The van der Waals surface area contributed by atoms with Crippen molar-refractivity contribution in [3.63, 3.8) is 0 Å². The minimum absolute atomic E-state index is 0.189. The highest BCUT2D eigenvalue weighted by Gasteiger charge is 2.19. The maximum atomic E-state index is 13.8. The Bertz CT molecular complexity index is 704. The summed E-state index contributed by atoms with van der Waals surface area (Å²) >= 11 is 0. The average molecular weight is 339 g/mol. The molecule has 0 atom stereocenters. The number of hydrogen-bond acceptors (Lipinski definition) is 4. The molecule has 7 heteroatoms. The Morgan fingerprint density at radius 2 is 1.71 bits per heavy atom. The van der Waals surface area contributed by atoms with E-state index in [0.29, 0.717) is 6.54 Å². The first kappa shape index (κ1) is 17.0. The van der Waals surface area contributed by atoms with E-state index >= 15 is 0 Å². The van der Waals surface area contributed by atoms with Gasteiger partial charge in [-0.25, -0.2) is 13.2 Å². The Hall–Kier alpha value is -1.86. The number of nitrogens with zero attached hydrogens (tertiary/aromatic N) is 3. The highest BCUT2D eigenvalue weighted by molar-refractivity contribution is 5.20. The highest BCUT2D eigenvalue weighted by atomic mass is 19.2. The van der Waals surface area contributed by atoms with Gasteiger partial charge in [0.05, 0.1) is 5.69 Å². The van der Waals surface area contributed by atoms with E-state index in [1.807, 2.05) is 13.0 Å². The molecule has 0 saturated carbocycles. The summed E-state index contributed by atoms with van der Waals surface area (Å²) in [5, 5.41) is 4.00. The van der Waals surface area contributed by atoms with E-state index in [0.717, 1.165) is 50.1 Å². The molecule has 4 nitrogen and oxygen atoms in total. The van der Waals surface area contributed by atoms with Crippen LogP contribution < -0.4 is 0 Å². The molecule has 3 rings (SSSR count). The maximum absolute atomic E-state index is 13.8. The molecule has 2 heterocycles. The van der Waals surface area contributed by atoms with E-state index in [9.17, 15) is 13.2 Å². The lowest BCUT2D eigenvalue weighted by molar-refractivity contribution is 0.240. The second-order valence-electron chi connectivity index (χ2n) is 6.17. The summed E-state index contributed by atoms with van der Waals surface area (Å²) in [6, 6.07) is 4.21. The van der Waals surface area contributed by atoms with E-state index in [-0.39, 0.29) is 12.1 Å². The fourth-order valence-corrected chi connectivity index (χ4v) is 2.99. The maximum Gasteiger partial charge on any atom is 0.194 e. The van der Waals surface area contributed by atoms with Gasteiger partial charge in [0, 0.05) is 37.8 Å². The summed E-state index contributed by atoms with van der Waals surface area (Å²) < 4.78 is 45.2. The van der Waals surface area contributed by atoms with E-state index in [4.69, 9.17) is 4.52 Å². The topological polar surface area (TPSA) is 32.5 Å². The Balaban J connectivity index is 1.58. The van der Waals surface area contributed by atoms with Crippen molar-refractivity contribution in [2.24, 2.45) is 0 Å². The molecule has 130 valence electrons. The first-order valence-corrected chi connectivity index (χ1v) is 8.02. The van der Waals surface area contributed by atoms with Crippen molar-refractivity contribution in [1.82, 2.24) is 15.0 Å². The molecular weight excluding hydrogens is 319 g/mol. The zero-order valence-electron chi connectivity index (χ0n) is 13.6. The second kappa shape index (κ2) is 7.36. The smallest absolute Gasteiger partial charge is 0.194 e. The largest absolute Gasteiger partial charge is 0.361 e. The third kappa shape index (κ3) is 3.96. The third-order valence-corrected chi connectivity index (χ3v) is 4.25. The quantitative estimate of drug-likeness (QED) is 0.802. The van der Waals surface area contributed by atoms with Crippen molar-refractivity contribution in [2.45, 2.75) is 26.4 Å². The van der Waals surface area contributed by atoms with Crippen LogP contribution in [-0.2, 0) is 13.1 Å². The molecule has 24 heavy (non-hydrogen) atoms. The average Bonchev–Trinajstić information content (AvgIpc) is 2.84. The second-order valence-corrected chi connectivity index (χ2v) is 6.17. The number of hydrogen-bond donors (Lipinski definition) is 0. The molecule has 0 unspecified atom stereocenters. The van der Waals surface area contributed by atoms with Gasteiger partial charge in [0.15, 0.2) is 17.5 Å². The molecule has 1 fully saturated rings. The number of aromatic nitrogens is 1. The van der Waals surface area contributed by atoms with Gasteiger partial charge in [-0.15, -0.1) is 0 Å². The molecule has 1 aliphatic heterocycles. The number of rotatable bonds is 4. The predicted octanol–water partition coefficient (Wildman–Crippen LogP) is 3.11. The van der Waals surface area contributed by atoms with Gasteiger partial charge in [-0.3, -0.25) is 9.80 Å². The molecule has 1 aromatic carbocycles. The van der Waals surface area contributed by atoms with Crippen LogP contribution in [0.25, 0.3) is 0 Å². The Morgan fingerprint density at radius 1 is 1.00 bits per heavy atom. The molecule has 0 radical (unpaired) electrons. The van der Waals surface area contributed by atoms with Crippen LogP contribution >= 0.6 is 0 Å². The Morgan fingerprint density at radius 3 is 2.38 bits per heavy atom. The van der Waals surface area contributed by atoms with Crippen molar-refractivity contribution in [1.29, 1.82) is 0 Å². The first-order chi connectivity index (χ1) is 11.5. The molecule has 0 N–H and O–H groups in total. The number of aryl methyl sites for hydroxylation is 1. The van der Waals surface area contributed by atoms with Crippen molar-refractivity contribution in [2.75, 3.05) is 26.2 Å². The van der Waals surface area contributed by atoms with Crippen molar-refractivity contribution >= 4 is 0 Å². The van der Waals surface area contributed by atoms with Crippen LogP contribution in [0, 0.1) is 24.4 Å². The van der Waals surface area contributed by atoms with Gasteiger partial charge in [-0.1, -0.05) is 11.2 Å². The SMILES string of the molecule is Cc1cc(CN2CCCN(Cc3ccc(F)c(F)c3F)CC2)no1. The summed E-state index contributed by atoms with van der Waals surface area (Å²) in [6.07, 6.45) is 0.919. The minimum atomic E-state index is -1.40. The standard InChI is InChI=1S/C17H20F3N3O/c1-12-9-14(21-24-12)11-23-6-2-5-22(7-8-23)10-13-3-4-15(18)17(20)16(13)19/h3-4,9H,2,5-8,10-11H2,1H3. The van der Waals surface area contributed by atoms with Crippen LogP contribution in [0.2, 0.25) is 0 Å². The van der Waals surface area contributed by atoms with Crippen LogP contribution in [-0.4, -0.2) is 41.1 Å². The molecule has 2 aromatic rings. The highest BCUT2D eigenvalue weighted by Crippen LogP contribution is 2.18. The van der Waals surface area contributed by atoms with Gasteiger partial charge in [0.25, 0.3) is 0 Å². The summed E-state index contributed by atoms with van der Waals surface area (Å²) in [7, 11) is 0. The lowest BCUT2D eigenvalue weighted by Gasteiger charge is -2.21. The first-order valence-electron chi connectivity index (χ1n) is 8.02. The molecule has 0 spiro atoms. The molecule has 0 aliphatic carbocycles. The van der Waals surface area contributed by atoms with Gasteiger partial charge >= 0.3 is 0 Å². The Labute approximate surface area is 138 Å². The summed E-state index contributed by atoms with van der Waals surface area (Å²) in [4.78, 5) is 4.32. The molecule has 1 aliphatic rings. The van der Waals surface area contributed by atoms with Crippen molar-refractivity contribution < 1.29 is 17.7 Å². The van der Waals surface area contributed by atoms with E-state index in [1.165, 1.54) is 6.07 Å². The van der Waals surface area contributed by atoms with Gasteiger partial charge < -0.3 is 4.52 Å². The molecular formula is C17H20F3N3O. The van der Waals surface area contributed by atoms with E-state index < -0.39 is 17.5 Å². The van der Waals surface area contributed by atoms with Crippen molar-refractivity contribution in [3.8, 4) is 0 Å². The molecule has 1 aromatic heterocycles. The third-order valence-electron chi connectivity index (χ3n) is 4.25. The summed E-state index contributed by atoms with van der Waals surface area (Å²) in [5.41, 5.74) is 1.09. The van der Waals surface area contributed by atoms with Crippen LogP contribution in [0.15, 0.2) is 22.7 Å². The number of halogens is 3. The zero-order valence-corrected chi connectivity index (χ0v) is 13.6. The van der Waals surface area contributed by atoms with Gasteiger partial charge in [-0.2, -0.15) is 0 Å². The summed E-state index contributed by atoms with van der Waals surface area (Å²) in [5.74, 6) is -2.85. The van der Waals surface area contributed by atoms with Crippen LogP contribution in [0.4, 0.5) is 13.2 Å². The lowest BCUT2D eigenvalue weighted by Crippen LogP contribution is -2.30. The van der Waals surface area contributed by atoms with Crippen LogP contribution in [0.3, 0.4) is 0 Å². The predicted molar refractivity (Wildman–Crippen MR) is 82.7 cm³/mol. The minimum Gasteiger partial charge on any atom is -0.361 e. The zero-order chi connectivity index (χ0) is 17.1. The monoisotopic (exact) mass is 339 g/mol. The fourth-order valence-electron chi connectivity index (χ4n) is 2.99. The lowest BCUT2D eigenvalue weighted by atomic mass is 10.2. The van der Waals surface area contributed by atoms with Crippen LogP contribution in [0.1, 0.15) is 23.4 Å². The molecule has 1 saturated heterocycles. The summed E-state index contributed by atoms with van der Waals surface area (Å²) in [6.45, 7) is 6.07. The Kier molecular flexibility index (Phi) is 5.20. The fraction of sp³-hybridized carbons (Fsp3) is 0.471. The number of benzene rings is 1. The van der Waals surface area contributed by atoms with Gasteiger partial charge in [-0.05, 0) is 32.5 Å². The van der Waals surface area contributed by atoms with Crippen molar-refractivity contribution in [3.05, 3.63) is 52.7 Å². The van der Waals surface area contributed by atoms with Crippen LogP contribution in [0.5, 0.6) is 0 Å².